The molecule has 1 unspecified atom stereocenters. The quantitative estimate of drug-likeness (QED) is 0.777. The van der Waals surface area contributed by atoms with E-state index < -0.39 is 12.7 Å². The van der Waals surface area contributed by atoms with E-state index in [0.717, 1.165) is 32.6 Å². The summed E-state index contributed by atoms with van der Waals surface area (Å²) < 4.78 is 37.0. The smallest absolute Gasteiger partial charge is 0.312 e. The Balaban J connectivity index is 2.33. The molecule has 0 radical (unpaired) electrons. The first-order valence-electron chi connectivity index (χ1n) is 7.56. The number of nitrogens with one attached hydrogen (secondary N) is 1. The lowest BCUT2D eigenvalue weighted by atomic mass is 10.0. The molecular formula is C14H28F3N3. The van der Waals surface area contributed by atoms with Gasteiger partial charge in [0.1, 0.15) is 0 Å². The molecule has 0 amide bonds. The zero-order chi connectivity index (χ0) is 15.2. The highest BCUT2D eigenvalue weighted by Crippen LogP contribution is 2.17. The Morgan fingerprint density at radius 2 is 1.60 bits per heavy atom. The van der Waals surface area contributed by atoms with Crippen LogP contribution in [0, 0.1) is 5.92 Å². The van der Waals surface area contributed by atoms with Gasteiger partial charge in [-0.25, -0.2) is 0 Å². The lowest BCUT2D eigenvalue weighted by Gasteiger charge is -2.37. The van der Waals surface area contributed by atoms with Crippen LogP contribution >= 0.6 is 0 Å². The van der Waals surface area contributed by atoms with Gasteiger partial charge in [0.15, 0.2) is 0 Å². The summed E-state index contributed by atoms with van der Waals surface area (Å²) in [5.74, 6) is 0.537. The fourth-order valence-electron chi connectivity index (χ4n) is 2.50. The van der Waals surface area contributed by atoms with Gasteiger partial charge < -0.3 is 5.32 Å². The average Bonchev–Trinajstić information content (AvgIpc) is 2.34. The molecule has 1 rings (SSSR count). The summed E-state index contributed by atoms with van der Waals surface area (Å²) in [6.07, 6.45) is -2.98. The molecule has 6 heteroatoms. The van der Waals surface area contributed by atoms with Crippen LogP contribution in [0.1, 0.15) is 27.2 Å². The molecule has 1 heterocycles. The summed E-state index contributed by atoms with van der Waals surface area (Å²) in [5, 5.41) is 3.53. The van der Waals surface area contributed by atoms with Crippen molar-refractivity contribution < 1.29 is 13.2 Å². The van der Waals surface area contributed by atoms with Crippen molar-refractivity contribution in [1.29, 1.82) is 0 Å². The van der Waals surface area contributed by atoms with E-state index in [1.807, 2.05) is 0 Å². The van der Waals surface area contributed by atoms with Gasteiger partial charge in [-0.05, 0) is 18.9 Å². The summed E-state index contributed by atoms with van der Waals surface area (Å²) in [6, 6.07) is 0.420. The number of hydrogen-bond acceptors (Lipinski definition) is 3. The number of piperazine rings is 1. The van der Waals surface area contributed by atoms with Crippen molar-refractivity contribution in [2.24, 2.45) is 5.92 Å². The van der Waals surface area contributed by atoms with Gasteiger partial charge in [0.25, 0.3) is 0 Å². The van der Waals surface area contributed by atoms with Crippen LogP contribution in [-0.4, -0.2) is 67.8 Å². The van der Waals surface area contributed by atoms with Gasteiger partial charge in [0, 0.05) is 38.8 Å². The third kappa shape index (κ3) is 6.90. The molecule has 1 N–H and O–H groups in total. The van der Waals surface area contributed by atoms with Crippen LogP contribution in [-0.2, 0) is 0 Å². The highest BCUT2D eigenvalue weighted by Gasteiger charge is 2.32. The van der Waals surface area contributed by atoms with Crippen molar-refractivity contribution in [2.45, 2.75) is 39.4 Å². The first-order valence-corrected chi connectivity index (χ1v) is 7.56. The molecule has 20 heavy (non-hydrogen) atoms. The lowest BCUT2D eigenvalue weighted by molar-refractivity contribution is -0.149. The van der Waals surface area contributed by atoms with Crippen LogP contribution in [0.5, 0.6) is 0 Å². The molecule has 0 aliphatic carbocycles. The Morgan fingerprint density at radius 3 is 2.05 bits per heavy atom. The zero-order valence-electron chi connectivity index (χ0n) is 12.8. The van der Waals surface area contributed by atoms with Crippen LogP contribution in [0.15, 0.2) is 0 Å². The summed E-state index contributed by atoms with van der Waals surface area (Å²) in [7, 11) is 0. The normalized spacial score (nSPS) is 20.6. The van der Waals surface area contributed by atoms with Crippen LogP contribution in [0.4, 0.5) is 13.2 Å². The number of hydrogen-bond donors (Lipinski definition) is 1. The van der Waals surface area contributed by atoms with Crippen LogP contribution in [0.2, 0.25) is 0 Å². The maximum absolute atomic E-state index is 12.3. The van der Waals surface area contributed by atoms with E-state index in [2.05, 4.69) is 31.0 Å². The molecule has 1 atom stereocenters. The molecule has 1 saturated heterocycles. The molecule has 0 aromatic heterocycles. The SMILES string of the molecule is CCCNC(CN1CCN(CC(F)(F)F)CC1)C(C)C. The van der Waals surface area contributed by atoms with Crippen molar-refractivity contribution in [2.75, 3.05) is 45.8 Å². The van der Waals surface area contributed by atoms with Gasteiger partial charge in [-0.15, -0.1) is 0 Å². The second-order valence-electron chi connectivity index (χ2n) is 6.00. The molecule has 120 valence electrons. The van der Waals surface area contributed by atoms with Crippen molar-refractivity contribution in [3.05, 3.63) is 0 Å². The van der Waals surface area contributed by atoms with Gasteiger partial charge in [-0.1, -0.05) is 20.8 Å². The number of nitrogens with zero attached hydrogens (tertiary/aromatic N) is 2. The fraction of sp³-hybridized carbons (Fsp3) is 1.00. The molecule has 0 bridgehead atoms. The predicted molar refractivity (Wildman–Crippen MR) is 75.9 cm³/mol. The minimum Gasteiger partial charge on any atom is -0.312 e. The molecular weight excluding hydrogens is 267 g/mol. The van der Waals surface area contributed by atoms with Gasteiger partial charge in [0.05, 0.1) is 6.54 Å². The van der Waals surface area contributed by atoms with E-state index in [9.17, 15) is 13.2 Å². The predicted octanol–water partition coefficient (Wildman–Crippen LogP) is 2.19. The standard InChI is InChI=1S/C14H28F3N3/c1-4-5-18-13(12(2)3)10-19-6-8-20(9-7-19)11-14(15,16)17/h12-13,18H,4-11H2,1-3H3. The molecule has 1 aliphatic rings. The van der Waals surface area contributed by atoms with Crippen molar-refractivity contribution in [3.63, 3.8) is 0 Å². The molecule has 1 aliphatic heterocycles. The molecule has 0 spiro atoms. The van der Waals surface area contributed by atoms with E-state index in [1.165, 1.54) is 4.90 Å². The summed E-state index contributed by atoms with van der Waals surface area (Å²) >= 11 is 0. The second kappa shape index (κ2) is 8.20. The summed E-state index contributed by atoms with van der Waals surface area (Å²) in [6.45, 7) is 10.1. The van der Waals surface area contributed by atoms with Crippen molar-refractivity contribution >= 4 is 0 Å². The molecule has 0 saturated carbocycles. The Labute approximate surface area is 120 Å². The van der Waals surface area contributed by atoms with Gasteiger partial charge in [0.2, 0.25) is 0 Å². The zero-order valence-corrected chi connectivity index (χ0v) is 12.8. The minimum atomic E-state index is -4.08. The third-order valence-electron chi connectivity index (χ3n) is 3.78. The maximum atomic E-state index is 12.3. The Hall–Kier alpha value is -0.330. The van der Waals surface area contributed by atoms with E-state index >= 15 is 0 Å². The van der Waals surface area contributed by atoms with E-state index in [4.69, 9.17) is 0 Å². The highest BCUT2D eigenvalue weighted by atomic mass is 19.4. The van der Waals surface area contributed by atoms with Gasteiger partial charge >= 0.3 is 6.18 Å². The first kappa shape index (κ1) is 17.7. The largest absolute Gasteiger partial charge is 0.401 e. The lowest BCUT2D eigenvalue weighted by Crippen LogP contribution is -2.53. The Kier molecular flexibility index (Phi) is 7.26. The Bertz CT molecular complexity index is 261. The van der Waals surface area contributed by atoms with Crippen molar-refractivity contribution in [1.82, 2.24) is 15.1 Å². The number of alkyl halides is 3. The van der Waals surface area contributed by atoms with Crippen LogP contribution in [0.25, 0.3) is 0 Å². The van der Waals surface area contributed by atoms with Crippen molar-refractivity contribution in [3.8, 4) is 0 Å². The van der Waals surface area contributed by atoms with E-state index in [0.29, 0.717) is 25.0 Å². The van der Waals surface area contributed by atoms with Crippen LogP contribution in [0.3, 0.4) is 0 Å². The monoisotopic (exact) mass is 295 g/mol. The summed E-state index contributed by atoms with van der Waals surface area (Å²) in [4.78, 5) is 3.78. The molecule has 0 aromatic rings. The molecule has 3 nitrogen and oxygen atoms in total. The molecule has 0 aromatic carbocycles. The second-order valence-corrected chi connectivity index (χ2v) is 6.00. The topological polar surface area (TPSA) is 18.5 Å². The minimum absolute atomic E-state index is 0.420. The van der Waals surface area contributed by atoms with E-state index in [-0.39, 0.29) is 0 Å². The van der Waals surface area contributed by atoms with E-state index in [1.54, 1.807) is 0 Å². The number of halogens is 3. The van der Waals surface area contributed by atoms with Crippen LogP contribution < -0.4 is 5.32 Å². The summed E-state index contributed by atoms with van der Waals surface area (Å²) in [5.41, 5.74) is 0. The number of rotatable bonds is 7. The average molecular weight is 295 g/mol. The van der Waals surface area contributed by atoms with Gasteiger partial charge in [-0.2, -0.15) is 13.2 Å². The Morgan fingerprint density at radius 1 is 1.05 bits per heavy atom. The maximum Gasteiger partial charge on any atom is 0.401 e. The third-order valence-corrected chi connectivity index (χ3v) is 3.78. The molecule has 1 fully saturated rings. The fourth-order valence-corrected chi connectivity index (χ4v) is 2.50. The first-order chi connectivity index (χ1) is 9.31. The highest BCUT2D eigenvalue weighted by molar-refractivity contribution is 4.80. The van der Waals surface area contributed by atoms with Gasteiger partial charge in [-0.3, -0.25) is 9.80 Å².